The van der Waals surface area contributed by atoms with Crippen LogP contribution in [-0.4, -0.2) is 24.5 Å². The third kappa shape index (κ3) is 4.91. The summed E-state index contributed by atoms with van der Waals surface area (Å²) in [5.74, 6) is -0.179. The topological polar surface area (TPSA) is 70.2 Å². The Hall–Kier alpha value is -2.04. The second kappa shape index (κ2) is 7.53. The fraction of sp³-hybridized carbons (Fsp3) is 0.467. The van der Waals surface area contributed by atoms with Crippen molar-refractivity contribution in [1.29, 1.82) is 0 Å². The number of amides is 3. The van der Waals surface area contributed by atoms with Gasteiger partial charge >= 0.3 is 6.03 Å². The maximum Gasteiger partial charge on any atom is 0.319 e. The van der Waals surface area contributed by atoms with Crippen LogP contribution in [0, 0.1) is 13.8 Å². The molecule has 1 atom stereocenters. The van der Waals surface area contributed by atoms with Gasteiger partial charge in [-0.3, -0.25) is 4.79 Å². The third-order valence-electron chi connectivity index (χ3n) is 3.05. The molecule has 20 heavy (non-hydrogen) atoms. The minimum absolute atomic E-state index is 0.179. The van der Waals surface area contributed by atoms with Gasteiger partial charge in [0.15, 0.2) is 0 Å². The van der Waals surface area contributed by atoms with Crippen molar-refractivity contribution >= 4 is 17.6 Å². The summed E-state index contributed by atoms with van der Waals surface area (Å²) in [6.07, 6.45) is 0.868. The lowest BCUT2D eigenvalue weighted by molar-refractivity contribution is -0.122. The summed E-state index contributed by atoms with van der Waals surface area (Å²) in [4.78, 5) is 23.4. The standard InChI is InChI=1S/C15H23N3O2/c1-5-8-16-14(19)12(4)17-15(20)18-13-7-6-10(2)11(3)9-13/h6-7,9,12H,5,8H2,1-4H3,(H,16,19)(H2,17,18,20)/t12-/m0/s1. The fourth-order valence-corrected chi connectivity index (χ4v) is 1.65. The van der Waals surface area contributed by atoms with Gasteiger partial charge in [0, 0.05) is 12.2 Å². The molecule has 5 nitrogen and oxygen atoms in total. The van der Waals surface area contributed by atoms with E-state index < -0.39 is 6.04 Å². The Bertz CT molecular complexity index is 486. The van der Waals surface area contributed by atoms with Gasteiger partial charge in [-0.25, -0.2) is 4.79 Å². The number of rotatable bonds is 5. The number of anilines is 1. The molecular weight excluding hydrogens is 254 g/mol. The van der Waals surface area contributed by atoms with Crippen LogP contribution in [0.3, 0.4) is 0 Å². The molecule has 3 amide bonds. The molecule has 0 fully saturated rings. The summed E-state index contributed by atoms with van der Waals surface area (Å²) >= 11 is 0. The quantitative estimate of drug-likeness (QED) is 0.773. The van der Waals surface area contributed by atoms with E-state index in [9.17, 15) is 9.59 Å². The minimum Gasteiger partial charge on any atom is -0.354 e. The molecule has 0 bridgehead atoms. The Morgan fingerprint density at radius 1 is 1.20 bits per heavy atom. The normalized spacial score (nSPS) is 11.6. The minimum atomic E-state index is -0.562. The van der Waals surface area contributed by atoms with E-state index in [-0.39, 0.29) is 11.9 Å². The van der Waals surface area contributed by atoms with Crippen molar-refractivity contribution in [2.45, 2.75) is 40.2 Å². The Balaban J connectivity index is 2.50. The Morgan fingerprint density at radius 3 is 2.50 bits per heavy atom. The van der Waals surface area contributed by atoms with Crippen LogP contribution in [0.1, 0.15) is 31.4 Å². The smallest absolute Gasteiger partial charge is 0.319 e. The first-order valence-electron chi connectivity index (χ1n) is 6.86. The number of carbonyl (C=O) groups is 2. The van der Waals surface area contributed by atoms with Crippen molar-refractivity contribution in [3.8, 4) is 0 Å². The molecule has 0 spiro atoms. The summed E-state index contributed by atoms with van der Waals surface area (Å²) in [5, 5.41) is 8.07. The van der Waals surface area contributed by atoms with E-state index in [1.54, 1.807) is 6.92 Å². The number of benzene rings is 1. The third-order valence-corrected chi connectivity index (χ3v) is 3.05. The molecule has 1 aromatic rings. The van der Waals surface area contributed by atoms with Crippen LogP contribution in [0.4, 0.5) is 10.5 Å². The van der Waals surface area contributed by atoms with Crippen molar-refractivity contribution in [2.75, 3.05) is 11.9 Å². The SMILES string of the molecule is CCCNC(=O)[C@H](C)NC(=O)Nc1ccc(C)c(C)c1. The Labute approximate surface area is 120 Å². The first kappa shape index (κ1) is 16.0. The second-order valence-electron chi connectivity index (χ2n) is 4.91. The van der Waals surface area contributed by atoms with Gasteiger partial charge < -0.3 is 16.0 Å². The van der Waals surface area contributed by atoms with Crippen LogP contribution in [-0.2, 0) is 4.79 Å². The van der Waals surface area contributed by atoms with Crippen LogP contribution in [0.5, 0.6) is 0 Å². The monoisotopic (exact) mass is 277 g/mol. The molecule has 1 aromatic carbocycles. The molecular formula is C15H23N3O2. The fourth-order valence-electron chi connectivity index (χ4n) is 1.65. The van der Waals surface area contributed by atoms with Gasteiger partial charge in [0.25, 0.3) is 0 Å². The zero-order valence-corrected chi connectivity index (χ0v) is 12.5. The van der Waals surface area contributed by atoms with Crippen molar-refractivity contribution in [1.82, 2.24) is 10.6 Å². The molecule has 0 saturated carbocycles. The summed E-state index contributed by atoms with van der Waals surface area (Å²) in [7, 11) is 0. The van der Waals surface area contributed by atoms with Gasteiger partial charge in [-0.15, -0.1) is 0 Å². The van der Waals surface area contributed by atoms with Gasteiger partial charge in [0.1, 0.15) is 6.04 Å². The van der Waals surface area contributed by atoms with E-state index in [1.165, 1.54) is 5.56 Å². The van der Waals surface area contributed by atoms with Crippen molar-refractivity contribution < 1.29 is 9.59 Å². The number of nitrogens with one attached hydrogen (secondary N) is 3. The lowest BCUT2D eigenvalue weighted by Crippen LogP contribution is -2.46. The van der Waals surface area contributed by atoms with Gasteiger partial charge in [-0.1, -0.05) is 13.0 Å². The first-order chi connectivity index (χ1) is 9.43. The molecule has 3 N–H and O–H groups in total. The summed E-state index contributed by atoms with van der Waals surface area (Å²) < 4.78 is 0. The molecule has 0 aliphatic carbocycles. The Kier molecular flexibility index (Phi) is 6.03. The number of hydrogen-bond donors (Lipinski definition) is 3. The average Bonchev–Trinajstić information content (AvgIpc) is 2.40. The number of urea groups is 1. The van der Waals surface area contributed by atoms with E-state index in [0.717, 1.165) is 12.0 Å². The van der Waals surface area contributed by atoms with E-state index in [4.69, 9.17) is 0 Å². The van der Waals surface area contributed by atoms with Crippen LogP contribution < -0.4 is 16.0 Å². The number of hydrogen-bond acceptors (Lipinski definition) is 2. The van der Waals surface area contributed by atoms with Gasteiger partial charge in [0.05, 0.1) is 0 Å². The molecule has 0 aliphatic heterocycles. The molecule has 0 unspecified atom stereocenters. The van der Waals surface area contributed by atoms with Crippen LogP contribution in [0.25, 0.3) is 0 Å². The molecule has 0 saturated heterocycles. The zero-order chi connectivity index (χ0) is 15.1. The molecule has 5 heteroatoms. The lowest BCUT2D eigenvalue weighted by atomic mass is 10.1. The molecule has 110 valence electrons. The largest absolute Gasteiger partial charge is 0.354 e. The second-order valence-corrected chi connectivity index (χ2v) is 4.91. The molecule has 0 radical (unpaired) electrons. The predicted octanol–water partition coefficient (Wildman–Crippen LogP) is 2.34. The number of aryl methyl sites for hydroxylation is 2. The zero-order valence-electron chi connectivity index (χ0n) is 12.5. The Morgan fingerprint density at radius 2 is 1.90 bits per heavy atom. The van der Waals surface area contributed by atoms with Gasteiger partial charge in [-0.2, -0.15) is 0 Å². The van der Waals surface area contributed by atoms with Crippen LogP contribution in [0.2, 0.25) is 0 Å². The maximum atomic E-state index is 11.8. The van der Waals surface area contributed by atoms with Crippen molar-refractivity contribution in [3.05, 3.63) is 29.3 Å². The molecule has 1 rings (SSSR count). The summed E-state index contributed by atoms with van der Waals surface area (Å²) in [5.41, 5.74) is 2.99. The maximum absolute atomic E-state index is 11.8. The van der Waals surface area contributed by atoms with Crippen molar-refractivity contribution in [2.24, 2.45) is 0 Å². The first-order valence-corrected chi connectivity index (χ1v) is 6.86. The number of carbonyl (C=O) groups excluding carboxylic acids is 2. The van der Waals surface area contributed by atoms with Crippen LogP contribution >= 0.6 is 0 Å². The van der Waals surface area contributed by atoms with E-state index >= 15 is 0 Å². The van der Waals surface area contributed by atoms with E-state index in [2.05, 4.69) is 16.0 Å². The van der Waals surface area contributed by atoms with Gasteiger partial charge in [-0.05, 0) is 50.5 Å². The summed E-state index contributed by atoms with van der Waals surface area (Å²) in [6.45, 7) is 8.25. The lowest BCUT2D eigenvalue weighted by Gasteiger charge is -2.15. The average molecular weight is 277 g/mol. The van der Waals surface area contributed by atoms with E-state index in [1.807, 2.05) is 39.0 Å². The van der Waals surface area contributed by atoms with Crippen molar-refractivity contribution in [3.63, 3.8) is 0 Å². The highest BCUT2D eigenvalue weighted by Gasteiger charge is 2.14. The highest BCUT2D eigenvalue weighted by molar-refractivity contribution is 5.93. The molecule has 0 aromatic heterocycles. The summed E-state index contributed by atoms with van der Waals surface area (Å²) in [6, 6.07) is 4.74. The molecule has 0 aliphatic rings. The highest BCUT2D eigenvalue weighted by Crippen LogP contribution is 2.13. The van der Waals surface area contributed by atoms with Gasteiger partial charge in [0.2, 0.25) is 5.91 Å². The van der Waals surface area contributed by atoms with Crippen LogP contribution in [0.15, 0.2) is 18.2 Å². The predicted molar refractivity (Wildman–Crippen MR) is 80.8 cm³/mol. The highest BCUT2D eigenvalue weighted by atomic mass is 16.2. The molecule has 0 heterocycles. The van der Waals surface area contributed by atoms with E-state index in [0.29, 0.717) is 12.2 Å².